The van der Waals surface area contributed by atoms with Gasteiger partial charge in [-0.25, -0.2) is 9.18 Å². The molecule has 2 aromatic carbocycles. The Morgan fingerprint density at radius 1 is 1.00 bits per heavy atom. The van der Waals surface area contributed by atoms with Crippen molar-refractivity contribution in [3.63, 3.8) is 0 Å². The van der Waals surface area contributed by atoms with E-state index in [0.29, 0.717) is 5.56 Å². The Balaban J connectivity index is 0.00000392. The van der Waals surface area contributed by atoms with Crippen LogP contribution in [0.5, 0.6) is 11.5 Å². The van der Waals surface area contributed by atoms with E-state index in [0.717, 1.165) is 12.1 Å². The molecule has 2 aromatic rings. The zero-order valence-electron chi connectivity index (χ0n) is 14.8. The van der Waals surface area contributed by atoms with Crippen LogP contribution >= 0.6 is 12.4 Å². The molecule has 0 aromatic heterocycles. The molecule has 0 fully saturated rings. The Morgan fingerprint density at radius 2 is 1.64 bits per heavy atom. The number of aromatic hydroxyl groups is 2. The third-order valence-corrected chi connectivity index (χ3v) is 3.64. The maximum absolute atomic E-state index is 12.8. The van der Waals surface area contributed by atoms with E-state index < -0.39 is 23.8 Å². The van der Waals surface area contributed by atoms with Crippen LogP contribution < -0.4 is 5.73 Å². The molecule has 28 heavy (non-hydrogen) atoms. The fraction of sp³-hybridized carbons (Fsp3) is 0.263. The molecule has 9 heteroatoms. The fourth-order valence-electron chi connectivity index (χ4n) is 2.21. The highest BCUT2D eigenvalue weighted by Gasteiger charge is 2.16. The van der Waals surface area contributed by atoms with E-state index in [1.54, 1.807) is 0 Å². The zero-order valence-corrected chi connectivity index (χ0v) is 15.7. The number of carbonyl (C=O) groups excluding carboxylic acids is 2. The first-order valence-electron chi connectivity index (χ1n) is 8.22. The number of halogens is 2. The lowest BCUT2D eigenvalue weighted by Gasteiger charge is -2.12. The van der Waals surface area contributed by atoms with Gasteiger partial charge in [-0.05, 0) is 48.4 Å². The SMILES string of the molecule is Cl.N[C@@H](Cc1ccc(O)c(O)c1)C(=O)OCCCOC(=O)c1ccc(F)cc1. The second-order valence-electron chi connectivity index (χ2n) is 5.80. The van der Waals surface area contributed by atoms with Crippen LogP contribution in [-0.4, -0.2) is 41.4 Å². The minimum absolute atomic E-state index is 0. The Kier molecular flexibility index (Phi) is 9.20. The number of nitrogens with two attached hydrogens (primary N) is 1. The predicted octanol–water partition coefficient (Wildman–Crippen LogP) is 2.32. The van der Waals surface area contributed by atoms with Crippen molar-refractivity contribution in [1.82, 2.24) is 0 Å². The van der Waals surface area contributed by atoms with Gasteiger partial charge in [-0.15, -0.1) is 12.4 Å². The van der Waals surface area contributed by atoms with Crippen molar-refractivity contribution in [1.29, 1.82) is 0 Å². The Labute approximate surface area is 167 Å². The van der Waals surface area contributed by atoms with E-state index in [-0.39, 0.29) is 55.5 Å². The largest absolute Gasteiger partial charge is 0.504 e. The molecule has 0 unspecified atom stereocenters. The number of hydrogen-bond acceptors (Lipinski definition) is 7. The van der Waals surface area contributed by atoms with Crippen LogP contribution in [0.25, 0.3) is 0 Å². The summed E-state index contributed by atoms with van der Waals surface area (Å²) in [4.78, 5) is 23.6. The van der Waals surface area contributed by atoms with Crippen molar-refractivity contribution >= 4 is 24.3 Å². The molecular formula is C19H21ClFNO6. The first kappa shape index (κ1) is 23.2. The second kappa shape index (κ2) is 11.1. The van der Waals surface area contributed by atoms with E-state index >= 15 is 0 Å². The smallest absolute Gasteiger partial charge is 0.338 e. The molecule has 0 aliphatic carbocycles. The minimum Gasteiger partial charge on any atom is -0.504 e. The van der Waals surface area contributed by atoms with Crippen LogP contribution in [0.4, 0.5) is 4.39 Å². The van der Waals surface area contributed by atoms with Crippen molar-refractivity contribution in [2.45, 2.75) is 18.9 Å². The summed E-state index contributed by atoms with van der Waals surface area (Å²) in [6.45, 7) is 0.0502. The van der Waals surface area contributed by atoms with Crippen LogP contribution in [0.2, 0.25) is 0 Å². The van der Waals surface area contributed by atoms with Crippen molar-refractivity contribution in [3.8, 4) is 11.5 Å². The van der Waals surface area contributed by atoms with Gasteiger partial charge in [-0.1, -0.05) is 6.07 Å². The predicted molar refractivity (Wildman–Crippen MR) is 101 cm³/mol. The average molecular weight is 414 g/mol. The summed E-state index contributed by atoms with van der Waals surface area (Å²) in [5.74, 6) is -2.23. The molecular weight excluding hydrogens is 393 g/mol. The number of rotatable bonds is 8. The van der Waals surface area contributed by atoms with Crippen LogP contribution in [0, 0.1) is 5.82 Å². The number of esters is 2. The number of phenols is 2. The van der Waals surface area contributed by atoms with Crippen molar-refractivity contribution < 1.29 is 33.7 Å². The second-order valence-corrected chi connectivity index (χ2v) is 5.80. The molecule has 1 atom stereocenters. The monoisotopic (exact) mass is 413 g/mol. The zero-order chi connectivity index (χ0) is 19.8. The summed E-state index contributed by atoms with van der Waals surface area (Å²) in [6.07, 6.45) is 0.414. The van der Waals surface area contributed by atoms with Gasteiger partial charge >= 0.3 is 11.9 Å². The van der Waals surface area contributed by atoms with E-state index in [9.17, 15) is 24.2 Å². The van der Waals surface area contributed by atoms with Crippen LogP contribution in [0.3, 0.4) is 0 Å². The third-order valence-electron chi connectivity index (χ3n) is 3.64. The van der Waals surface area contributed by atoms with Gasteiger partial charge in [-0.2, -0.15) is 0 Å². The molecule has 7 nitrogen and oxygen atoms in total. The topological polar surface area (TPSA) is 119 Å². The number of phenolic OH excluding ortho intramolecular Hbond substituents is 2. The Morgan fingerprint density at radius 3 is 2.29 bits per heavy atom. The Hall–Kier alpha value is -2.84. The summed E-state index contributed by atoms with van der Waals surface area (Å²) < 4.78 is 22.8. The van der Waals surface area contributed by atoms with Gasteiger partial charge < -0.3 is 25.4 Å². The highest BCUT2D eigenvalue weighted by Crippen LogP contribution is 2.25. The molecule has 0 bridgehead atoms. The maximum Gasteiger partial charge on any atom is 0.338 e. The van der Waals surface area contributed by atoms with Gasteiger partial charge in [0.05, 0.1) is 18.8 Å². The molecule has 0 amide bonds. The van der Waals surface area contributed by atoms with Gasteiger partial charge in [0.15, 0.2) is 11.5 Å². The minimum atomic E-state index is -0.935. The fourth-order valence-corrected chi connectivity index (χ4v) is 2.21. The molecule has 152 valence electrons. The lowest BCUT2D eigenvalue weighted by molar-refractivity contribution is -0.145. The molecule has 0 radical (unpaired) electrons. The molecule has 0 heterocycles. The molecule has 0 spiro atoms. The Bertz CT molecular complexity index is 800. The maximum atomic E-state index is 12.8. The first-order valence-corrected chi connectivity index (χ1v) is 8.22. The van der Waals surface area contributed by atoms with Gasteiger partial charge in [0.1, 0.15) is 11.9 Å². The normalized spacial score (nSPS) is 11.2. The van der Waals surface area contributed by atoms with Crippen LogP contribution in [0.1, 0.15) is 22.3 Å². The van der Waals surface area contributed by atoms with Gasteiger partial charge in [-0.3, -0.25) is 4.79 Å². The molecule has 0 aliphatic heterocycles. The van der Waals surface area contributed by atoms with E-state index in [2.05, 4.69) is 0 Å². The summed E-state index contributed by atoms with van der Waals surface area (Å²) in [7, 11) is 0. The highest BCUT2D eigenvalue weighted by atomic mass is 35.5. The van der Waals surface area contributed by atoms with Gasteiger partial charge in [0.25, 0.3) is 0 Å². The molecule has 4 N–H and O–H groups in total. The van der Waals surface area contributed by atoms with Crippen LogP contribution in [0.15, 0.2) is 42.5 Å². The summed E-state index contributed by atoms with van der Waals surface area (Å²) in [6, 6.07) is 8.18. The summed E-state index contributed by atoms with van der Waals surface area (Å²) in [5, 5.41) is 18.7. The molecule has 0 saturated heterocycles. The van der Waals surface area contributed by atoms with E-state index in [1.165, 1.54) is 30.3 Å². The average Bonchev–Trinajstić information content (AvgIpc) is 2.64. The number of benzene rings is 2. The number of ether oxygens (including phenoxy) is 2. The number of hydrogen-bond donors (Lipinski definition) is 3. The first-order chi connectivity index (χ1) is 12.9. The summed E-state index contributed by atoms with van der Waals surface area (Å²) >= 11 is 0. The number of carbonyl (C=O) groups is 2. The van der Waals surface area contributed by atoms with Crippen LogP contribution in [-0.2, 0) is 20.7 Å². The van der Waals surface area contributed by atoms with Crippen molar-refractivity contribution in [2.24, 2.45) is 5.73 Å². The molecule has 0 aliphatic rings. The molecule has 0 saturated carbocycles. The lowest BCUT2D eigenvalue weighted by atomic mass is 10.1. The van der Waals surface area contributed by atoms with E-state index in [4.69, 9.17) is 15.2 Å². The van der Waals surface area contributed by atoms with E-state index in [1.807, 2.05) is 0 Å². The van der Waals surface area contributed by atoms with Crippen molar-refractivity contribution in [3.05, 3.63) is 59.4 Å². The lowest BCUT2D eigenvalue weighted by Crippen LogP contribution is -2.34. The molecule has 2 rings (SSSR count). The third kappa shape index (κ3) is 7.05. The quantitative estimate of drug-likeness (QED) is 0.345. The highest BCUT2D eigenvalue weighted by molar-refractivity contribution is 5.89. The summed E-state index contributed by atoms with van der Waals surface area (Å²) in [5.41, 5.74) is 6.56. The van der Waals surface area contributed by atoms with Gasteiger partial charge in [0.2, 0.25) is 0 Å². The standard InChI is InChI=1S/C19H20FNO6.ClH/c20-14-5-3-13(4-6-14)18(24)26-8-1-9-27-19(25)15(21)10-12-2-7-16(22)17(23)11-12;/h2-7,11,15,22-23H,1,8-10,21H2;1H/t15-;/m0./s1. The van der Waals surface area contributed by atoms with Gasteiger partial charge in [0, 0.05) is 6.42 Å². The van der Waals surface area contributed by atoms with Crippen molar-refractivity contribution in [2.75, 3.05) is 13.2 Å².